The van der Waals surface area contributed by atoms with E-state index in [1.807, 2.05) is 12.3 Å². The molecule has 4 aromatic rings. The maximum absolute atomic E-state index is 13.5. The van der Waals surface area contributed by atoms with Crippen molar-refractivity contribution in [1.29, 1.82) is 0 Å². The Balaban J connectivity index is 1.35. The van der Waals surface area contributed by atoms with Gasteiger partial charge in [0.25, 0.3) is 10.0 Å². The Bertz CT molecular complexity index is 1400. The fourth-order valence-corrected chi connectivity index (χ4v) is 6.90. The number of morpholine rings is 1. The van der Waals surface area contributed by atoms with Crippen LogP contribution in [-0.2, 0) is 14.8 Å². The van der Waals surface area contributed by atoms with E-state index in [0.717, 1.165) is 55.7 Å². The highest BCUT2D eigenvalue weighted by molar-refractivity contribution is 7.90. The van der Waals surface area contributed by atoms with Crippen molar-refractivity contribution in [1.82, 2.24) is 24.1 Å². The van der Waals surface area contributed by atoms with Crippen LogP contribution in [0.15, 0.2) is 66.1 Å². The molecule has 0 radical (unpaired) electrons. The molecule has 0 bridgehead atoms. The zero-order chi connectivity index (χ0) is 23.8. The lowest BCUT2D eigenvalue weighted by Crippen LogP contribution is -2.44. The molecule has 9 heteroatoms. The predicted octanol–water partition coefficient (Wildman–Crippen LogP) is 4.02. The minimum Gasteiger partial charge on any atom is -0.379 e. The lowest BCUT2D eigenvalue weighted by atomic mass is 9.81. The molecular weight excluding hydrogens is 462 g/mol. The molecule has 6 rings (SSSR count). The lowest BCUT2D eigenvalue weighted by molar-refractivity contribution is 0.00729. The molecule has 0 unspecified atom stereocenters. The second kappa shape index (κ2) is 9.22. The van der Waals surface area contributed by atoms with Crippen LogP contribution in [0.3, 0.4) is 0 Å². The van der Waals surface area contributed by atoms with Crippen molar-refractivity contribution in [2.75, 3.05) is 26.3 Å². The molecule has 2 fully saturated rings. The second-order valence-corrected chi connectivity index (χ2v) is 11.3. The molecule has 1 saturated heterocycles. The molecule has 3 aromatic heterocycles. The third-order valence-corrected chi connectivity index (χ3v) is 9.14. The van der Waals surface area contributed by atoms with E-state index in [2.05, 4.69) is 21.2 Å². The van der Waals surface area contributed by atoms with E-state index in [4.69, 9.17) is 9.72 Å². The van der Waals surface area contributed by atoms with Gasteiger partial charge in [0.05, 0.1) is 24.3 Å². The van der Waals surface area contributed by atoms with E-state index >= 15 is 0 Å². The zero-order valence-corrected chi connectivity index (χ0v) is 20.3. The van der Waals surface area contributed by atoms with Crippen LogP contribution in [0.25, 0.3) is 22.2 Å². The zero-order valence-electron chi connectivity index (χ0n) is 19.5. The smallest absolute Gasteiger partial charge is 0.269 e. The molecule has 1 aromatic carbocycles. The number of pyridine rings is 1. The van der Waals surface area contributed by atoms with Crippen LogP contribution in [0.5, 0.6) is 0 Å². The van der Waals surface area contributed by atoms with Gasteiger partial charge in [0, 0.05) is 54.2 Å². The summed E-state index contributed by atoms with van der Waals surface area (Å²) in [5.41, 5.74) is 3.27. The summed E-state index contributed by atoms with van der Waals surface area (Å²) in [5, 5.41) is 7.76. The summed E-state index contributed by atoms with van der Waals surface area (Å²) in [6.07, 6.45) is 11.6. The first kappa shape index (κ1) is 22.5. The summed E-state index contributed by atoms with van der Waals surface area (Å²) < 4.78 is 33.8. The Labute approximate surface area is 205 Å². The van der Waals surface area contributed by atoms with Gasteiger partial charge < -0.3 is 4.74 Å². The highest BCUT2D eigenvalue weighted by Gasteiger charge is 2.29. The van der Waals surface area contributed by atoms with Gasteiger partial charge in [0.15, 0.2) is 5.65 Å². The first-order valence-corrected chi connectivity index (χ1v) is 13.7. The molecule has 1 aliphatic heterocycles. The minimum atomic E-state index is -3.79. The van der Waals surface area contributed by atoms with E-state index < -0.39 is 10.0 Å². The third kappa shape index (κ3) is 4.17. The number of rotatable bonds is 5. The fourth-order valence-electron chi connectivity index (χ4n) is 5.55. The van der Waals surface area contributed by atoms with E-state index in [-0.39, 0.29) is 4.90 Å². The van der Waals surface area contributed by atoms with E-state index in [1.54, 1.807) is 42.9 Å². The van der Waals surface area contributed by atoms with Crippen molar-refractivity contribution in [3.8, 4) is 11.1 Å². The van der Waals surface area contributed by atoms with Crippen LogP contribution in [0, 0.1) is 0 Å². The molecule has 0 amide bonds. The lowest BCUT2D eigenvalue weighted by Gasteiger charge is -2.38. The maximum atomic E-state index is 13.5. The number of hydrogen-bond acceptors (Lipinski definition) is 6. The quantitative estimate of drug-likeness (QED) is 0.453. The van der Waals surface area contributed by atoms with Crippen LogP contribution >= 0.6 is 0 Å². The van der Waals surface area contributed by atoms with E-state index in [1.165, 1.54) is 22.4 Å². The Hall–Kier alpha value is -3.01. The Kier molecular flexibility index (Phi) is 5.91. The van der Waals surface area contributed by atoms with Crippen molar-refractivity contribution in [3.05, 3.63) is 66.7 Å². The van der Waals surface area contributed by atoms with Crippen LogP contribution in [0.1, 0.15) is 37.2 Å². The summed E-state index contributed by atoms with van der Waals surface area (Å²) in [6, 6.07) is 11.3. The third-order valence-electron chi connectivity index (χ3n) is 7.47. The predicted molar refractivity (Wildman–Crippen MR) is 134 cm³/mol. The van der Waals surface area contributed by atoms with Gasteiger partial charge >= 0.3 is 0 Å². The number of aromatic nitrogens is 4. The Morgan fingerprint density at radius 3 is 2.49 bits per heavy atom. The number of nitrogens with zero attached hydrogens (tertiary/aromatic N) is 4. The average molecular weight is 492 g/mol. The number of ether oxygens (including phenoxy) is 1. The molecule has 4 heterocycles. The average Bonchev–Trinajstić information content (AvgIpc) is 3.58. The van der Waals surface area contributed by atoms with Gasteiger partial charge in [-0.25, -0.2) is 17.4 Å². The molecule has 1 N–H and O–H groups in total. The normalized spacial score (nSPS) is 21.9. The van der Waals surface area contributed by atoms with Crippen molar-refractivity contribution in [2.45, 2.75) is 42.5 Å². The SMILES string of the molecule is O=S(=O)(c1ccccc1)n1cc(-c2cn[nH]c2)c2cc(C3CCC(N4CCOCC4)CC3)cnc21. The van der Waals surface area contributed by atoms with Gasteiger partial charge in [0.1, 0.15) is 0 Å². The van der Waals surface area contributed by atoms with E-state index in [9.17, 15) is 8.42 Å². The minimum absolute atomic E-state index is 0.239. The number of nitrogens with one attached hydrogen (secondary N) is 1. The van der Waals surface area contributed by atoms with E-state index in [0.29, 0.717) is 17.6 Å². The fraction of sp³-hybridized carbons (Fsp3) is 0.385. The van der Waals surface area contributed by atoms with Crippen molar-refractivity contribution in [2.24, 2.45) is 0 Å². The largest absolute Gasteiger partial charge is 0.379 e. The van der Waals surface area contributed by atoms with Crippen molar-refractivity contribution < 1.29 is 13.2 Å². The Morgan fingerprint density at radius 1 is 1.00 bits per heavy atom. The number of hydrogen-bond donors (Lipinski definition) is 1. The van der Waals surface area contributed by atoms with Crippen LogP contribution in [0.2, 0.25) is 0 Å². The van der Waals surface area contributed by atoms with Gasteiger partial charge in [-0.3, -0.25) is 10.00 Å². The molecule has 1 saturated carbocycles. The molecule has 8 nitrogen and oxygen atoms in total. The molecule has 182 valence electrons. The summed E-state index contributed by atoms with van der Waals surface area (Å²) in [4.78, 5) is 7.53. The highest BCUT2D eigenvalue weighted by Crippen LogP contribution is 2.38. The summed E-state index contributed by atoms with van der Waals surface area (Å²) >= 11 is 0. The standard InChI is InChI=1S/C26H29N5O3S/c32-35(33,23-4-2-1-3-5-23)31-18-25(21-16-28-29-17-21)24-14-20(15-27-26(24)31)19-6-8-22(9-7-19)30-10-12-34-13-11-30/h1-5,14-19,22H,6-13H2,(H,28,29). The topological polar surface area (TPSA) is 93.1 Å². The molecule has 0 atom stereocenters. The summed E-state index contributed by atoms with van der Waals surface area (Å²) in [7, 11) is -3.79. The number of aromatic amines is 1. The van der Waals surface area contributed by atoms with Crippen molar-refractivity contribution in [3.63, 3.8) is 0 Å². The molecule has 1 aliphatic carbocycles. The van der Waals surface area contributed by atoms with Gasteiger partial charge in [-0.1, -0.05) is 18.2 Å². The molecule has 35 heavy (non-hydrogen) atoms. The monoisotopic (exact) mass is 491 g/mol. The molecular formula is C26H29N5O3S. The maximum Gasteiger partial charge on any atom is 0.269 e. The summed E-state index contributed by atoms with van der Waals surface area (Å²) in [6.45, 7) is 3.72. The van der Waals surface area contributed by atoms with Gasteiger partial charge in [-0.2, -0.15) is 5.10 Å². The van der Waals surface area contributed by atoms with Crippen LogP contribution in [0.4, 0.5) is 0 Å². The van der Waals surface area contributed by atoms with Crippen LogP contribution < -0.4 is 0 Å². The number of benzene rings is 1. The molecule has 2 aliphatic rings. The number of fused-ring (bicyclic) bond motifs is 1. The Morgan fingerprint density at radius 2 is 1.77 bits per heavy atom. The van der Waals surface area contributed by atoms with Crippen molar-refractivity contribution >= 4 is 21.1 Å². The van der Waals surface area contributed by atoms with Crippen LogP contribution in [-0.4, -0.2) is 64.8 Å². The first-order valence-electron chi connectivity index (χ1n) is 12.2. The first-order chi connectivity index (χ1) is 17.1. The molecule has 0 spiro atoms. The van der Waals surface area contributed by atoms with Gasteiger partial charge in [-0.05, 0) is 55.4 Å². The highest BCUT2D eigenvalue weighted by atomic mass is 32.2. The van der Waals surface area contributed by atoms with Gasteiger partial charge in [0.2, 0.25) is 0 Å². The van der Waals surface area contributed by atoms with Gasteiger partial charge in [-0.15, -0.1) is 0 Å². The summed E-state index contributed by atoms with van der Waals surface area (Å²) in [5.74, 6) is 0.426. The number of H-pyrrole nitrogens is 1. The second-order valence-electron chi connectivity index (χ2n) is 9.44.